The van der Waals surface area contributed by atoms with Gasteiger partial charge < -0.3 is 9.64 Å². The molecular formula is C24H21NO2. The number of nitrogens with zero attached hydrogens (tertiary/aromatic N) is 1. The average Bonchev–Trinajstić information content (AvgIpc) is 3.06. The molecule has 0 spiro atoms. The van der Waals surface area contributed by atoms with E-state index in [0.717, 1.165) is 28.0 Å². The quantitative estimate of drug-likeness (QED) is 0.654. The molecule has 3 nitrogen and oxygen atoms in total. The molecule has 0 N–H and O–H groups in total. The zero-order valence-electron chi connectivity index (χ0n) is 15.2. The molecule has 1 aliphatic heterocycles. The Hall–Kier alpha value is -3.33. The van der Waals surface area contributed by atoms with Gasteiger partial charge in [-0.15, -0.1) is 0 Å². The third-order valence-electron chi connectivity index (χ3n) is 4.89. The summed E-state index contributed by atoms with van der Waals surface area (Å²) in [5.74, 6) is 0.836. The molecule has 1 aliphatic rings. The normalized spacial score (nSPS) is 16.3. The molecule has 3 aromatic carbocycles. The van der Waals surface area contributed by atoms with Gasteiger partial charge in [-0.05, 0) is 34.9 Å². The van der Waals surface area contributed by atoms with Crippen LogP contribution in [0.3, 0.4) is 0 Å². The van der Waals surface area contributed by atoms with Crippen LogP contribution in [0.25, 0.3) is 5.57 Å². The summed E-state index contributed by atoms with van der Waals surface area (Å²) in [6.45, 7) is 0.579. The molecular weight excluding hydrogens is 334 g/mol. The molecule has 0 radical (unpaired) electrons. The molecule has 0 unspecified atom stereocenters. The summed E-state index contributed by atoms with van der Waals surface area (Å²) in [4.78, 5) is 15.2. The number of ether oxygens (including phenoxy) is 1. The largest absolute Gasteiger partial charge is 0.497 e. The Kier molecular flexibility index (Phi) is 4.75. The predicted octanol–water partition coefficient (Wildman–Crippen LogP) is 4.86. The zero-order valence-corrected chi connectivity index (χ0v) is 15.2. The highest BCUT2D eigenvalue weighted by atomic mass is 16.5. The molecule has 27 heavy (non-hydrogen) atoms. The summed E-state index contributed by atoms with van der Waals surface area (Å²) in [6, 6.07) is 27.9. The lowest BCUT2D eigenvalue weighted by Gasteiger charge is -2.25. The molecule has 3 aromatic rings. The van der Waals surface area contributed by atoms with Gasteiger partial charge in [0, 0.05) is 12.1 Å². The van der Waals surface area contributed by atoms with Crippen molar-refractivity contribution in [2.24, 2.45) is 0 Å². The molecule has 0 aromatic heterocycles. The van der Waals surface area contributed by atoms with Gasteiger partial charge in [-0.1, -0.05) is 72.8 Å². The van der Waals surface area contributed by atoms with Crippen molar-refractivity contribution in [2.75, 3.05) is 7.11 Å². The van der Waals surface area contributed by atoms with Gasteiger partial charge >= 0.3 is 0 Å². The highest BCUT2D eigenvalue weighted by Gasteiger charge is 2.33. The summed E-state index contributed by atoms with van der Waals surface area (Å²) in [7, 11) is 1.64. The minimum Gasteiger partial charge on any atom is -0.497 e. The average molecular weight is 355 g/mol. The maximum absolute atomic E-state index is 13.3. The Bertz CT molecular complexity index is 947. The molecule has 0 saturated carbocycles. The number of amides is 1. The first-order valence-electron chi connectivity index (χ1n) is 9.02. The molecule has 3 heteroatoms. The molecule has 0 saturated heterocycles. The third kappa shape index (κ3) is 3.49. The molecule has 0 aliphatic carbocycles. The highest BCUT2D eigenvalue weighted by molar-refractivity contribution is 6.21. The lowest BCUT2D eigenvalue weighted by molar-refractivity contribution is -0.125. The van der Waals surface area contributed by atoms with Crippen LogP contribution in [0.2, 0.25) is 0 Å². The van der Waals surface area contributed by atoms with E-state index in [-0.39, 0.29) is 11.9 Å². The number of methoxy groups -OCH3 is 1. The second kappa shape index (κ2) is 7.50. The van der Waals surface area contributed by atoms with E-state index in [0.29, 0.717) is 6.54 Å². The van der Waals surface area contributed by atoms with Crippen LogP contribution in [-0.4, -0.2) is 17.9 Å². The number of hydrogen-bond donors (Lipinski definition) is 0. The maximum atomic E-state index is 13.3. The minimum atomic E-state index is -0.0731. The molecule has 0 bridgehead atoms. The maximum Gasteiger partial charge on any atom is 0.255 e. The van der Waals surface area contributed by atoms with E-state index in [2.05, 4.69) is 30.3 Å². The van der Waals surface area contributed by atoms with Crippen LogP contribution < -0.4 is 4.74 Å². The Morgan fingerprint density at radius 1 is 0.852 bits per heavy atom. The van der Waals surface area contributed by atoms with E-state index < -0.39 is 0 Å². The van der Waals surface area contributed by atoms with E-state index in [1.165, 1.54) is 0 Å². The van der Waals surface area contributed by atoms with Gasteiger partial charge in [0.25, 0.3) is 5.91 Å². The van der Waals surface area contributed by atoms with Gasteiger partial charge in [0.05, 0.1) is 13.2 Å². The molecule has 4 rings (SSSR count). The molecule has 1 atom stereocenters. The van der Waals surface area contributed by atoms with Crippen molar-refractivity contribution in [3.63, 3.8) is 0 Å². The SMILES string of the molecule is COc1ccc(C2=C[C@@H](c3ccccc3)N(Cc3ccccc3)C2=O)cc1. The van der Waals surface area contributed by atoms with E-state index in [9.17, 15) is 4.79 Å². The van der Waals surface area contributed by atoms with Crippen molar-refractivity contribution in [2.45, 2.75) is 12.6 Å². The summed E-state index contributed by atoms with van der Waals surface area (Å²) in [6.07, 6.45) is 2.07. The monoisotopic (exact) mass is 355 g/mol. The Labute approximate surface area is 159 Å². The second-order valence-corrected chi connectivity index (χ2v) is 6.58. The van der Waals surface area contributed by atoms with Crippen LogP contribution in [0.15, 0.2) is 91.0 Å². The Morgan fingerprint density at radius 3 is 2.11 bits per heavy atom. The van der Waals surface area contributed by atoms with Crippen LogP contribution in [0, 0.1) is 0 Å². The minimum absolute atomic E-state index is 0.0536. The molecule has 1 amide bonds. The Balaban J connectivity index is 1.71. The Morgan fingerprint density at radius 2 is 1.48 bits per heavy atom. The van der Waals surface area contributed by atoms with Crippen molar-refractivity contribution in [3.8, 4) is 5.75 Å². The van der Waals surface area contributed by atoms with E-state index in [1.807, 2.05) is 65.6 Å². The molecule has 134 valence electrons. The molecule has 1 heterocycles. The first kappa shape index (κ1) is 17.1. The van der Waals surface area contributed by atoms with Crippen molar-refractivity contribution in [1.82, 2.24) is 4.90 Å². The van der Waals surface area contributed by atoms with Crippen molar-refractivity contribution < 1.29 is 9.53 Å². The fraction of sp³-hybridized carbons (Fsp3) is 0.125. The number of hydrogen-bond acceptors (Lipinski definition) is 2. The fourth-order valence-corrected chi connectivity index (χ4v) is 3.47. The summed E-state index contributed by atoms with van der Waals surface area (Å²) in [5, 5.41) is 0. The van der Waals surface area contributed by atoms with E-state index in [1.54, 1.807) is 7.11 Å². The van der Waals surface area contributed by atoms with Crippen molar-refractivity contribution in [1.29, 1.82) is 0 Å². The highest BCUT2D eigenvalue weighted by Crippen LogP contribution is 2.37. The van der Waals surface area contributed by atoms with Crippen LogP contribution in [0.4, 0.5) is 0 Å². The number of benzene rings is 3. The zero-order chi connectivity index (χ0) is 18.6. The van der Waals surface area contributed by atoms with Gasteiger partial charge in [-0.2, -0.15) is 0 Å². The lowest BCUT2D eigenvalue weighted by atomic mass is 10.0. The first-order chi connectivity index (χ1) is 13.3. The first-order valence-corrected chi connectivity index (χ1v) is 9.02. The second-order valence-electron chi connectivity index (χ2n) is 6.58. The summed E-state index contributed by atoms with van der Waals surface area (Å²) >= 11 is 0. The van der Waals surface area contributed by atoms with Crippen LogP contribution in [-0.2, 0) is 11.3 Å². The smallest absolute Gasteiger partial charge is 0.255 e. The summed E-state index contributed by atoms with van der Waals surface area (Å²) in [5.41, 5.74) is 3.89. The van der Waals surface area contributed by atoms with Gasteiger partial charge in [0.15, 0.2) is 0 Å². The van der Waals surface area contributed by atoms with Gasteiger partial charge in [0.2, 0.25) is 0 Å². The van der Waals surface area contributed by atoms with Gasteiger partial charge in [-0.3, -0.25) is 4.79 Å². The van der Waals surface area contributed by atoms with Gasteiger partial charge in [-0.25, -0.2) is 0 Å². The lowest BCUT2D eigenvalue weighted by Crippen LogP contribution is -2.29. The van der Waals surface area contributed by atoms with Crippen LogP contribution in [0.5, 0.6) is 5.75 Å². The van der Waals surface area contributed by atoms with Gasteiger partial charge in [0.1, 0.15) is 5.75 Å². The third-order valence-corrected chi connectivity index (χ3v) is 4.89. The standard InChI is InChI=1S/C24H21NO2/c1-27-21-14-12-19(13-15-21)22-16-23(20-10-6-3-7-11-20)25(24(22)26)17-18-8-4-2-5-9-18/h2-16,23H,17H2,1H3/t23-/m0/s1. The van der Waals surface area contributed by atoms with E-state index in [4.69, 9.17) is 4.74 Å². The van der Waals surface area contributed by atoms with Crippen LogP contribution in [0.1, 0.15) is 22.7 Å². The van der Waals surface area contributed by atoms with Crippen LogP contribution >= 0.6 is 0 Å². The molecule has 0 fully saturated rings. The fourth-order valence-electron chi connectivity index (χ4n) is 3.47. The van der Waals surface area contributed by atoms with Crippen molar-refractivity contribution in [3.05, 3.63) is 108 Å². The number of rotatable bonds is 5. The number of carbonyl (C=O) groups excluding carboxylic acids is 1. The topological polar surface area (TPSA) is 29.5 Å². The van der Waals surface area contributed by atoms with Crippen molar-refractivity contribution >= 4 is 11.5 Å². The van der Waals surface area contributed by atoms with E-state index >= 15 is 0 Å². The predicted molar refractivity (Wildman–Crippen MR) is 107 cm³/mol. The number of carbonyl (C=O) groups is 1. The summed E-state index contributed by atoms with van der Waals surface area (Å²) < 4.78 is 5.23.